The number of aryl methyl sites for hydroxylation is 1. The molecule has 1 atom stereocenters. The van der Waals surface area contributed by atoms with Crippen molar-refractivity contribution in [1.29, 1.82) is 0 Å². The van der Waals surface area contributed by atoms with Crippen molar-refractivity contribution in [2.24, 2.45) is 5.73 Å². The molecule has 0 bridgehead atoms. The zero-order valence-corrected chi connectivity index (χ0v) is 11.5. The molecule has 1 aromatic carbocycles. The van der Waals surface area contributed by atoms with E-state index in [1.165, 1.54) is 6.07 Å². The Hall–Kier alpha value is -2.19. The average molecular weight is 317 g/mol. The summed E-state index contributed by atoms with van der Waals surface area (Å²) in [5, 5.41) is 28.2. The molecule has 0 aliphatic rings. The number of nitro groups is 1. The summed E-state index contributed by atoms with van der Waals surface area (Å²) in [5.41, 5.74) is 5.81. The summed E-state index contributed by atoms with van der Waals surface area (Å²) in [7, 11) is 0. The third-order valence-electron chi connectivity index (χ3n) is 2.83. The van der Waals surface area contributed by atoms with E-state index < -0.39 is 22.9 Å². The Morgan fingerprint density at radius 1 is 1.33 bits per heavy atom. The van der Waals surface area contributed by atoms with Gasteiger partial charge in [-0.05, 0) is 30.0 Å². The van der Waals surface area contributed by atoms with Gasteiger partial charge < -0.3 is 15.9 Å². The van der Waals surface area contributed by atoms with Crippen molar-refractivity contribution in [3.8, 4) is 0 Å². The number of carboxylic acid groups (broad SMARTS) is 2. The summed E-state index contributed by atoms with van der Waals surface area (Å²) in [5.74, 6) is -2.30. The molecule has 4 N–H and O–H groups in total. The van der Waals surface area contributed by atoms with Crippen LogP contribution in [-0.4, -0.2) is 33.1 Å². The van der Waals surface area contributed by atoms with E-state index in [1.54, 1.807) is 0 Å². The molecule has 114 valence electrons. The average Bonchev–Trinajstić information content (AvgIpc) is 2.36. The van der Waals surface area contributed by atoms with Gasteiger partial charge in [-0.15, -0.1) is 0 Å². The van der Waals surface area contributed by atoms with Crippen LogP contribution in [0, 0.1) is 10.1 Å². The molecular weight excluding hydrogens is 304 g/mol. The fourth-order valence-electron chi connectivity index (χ4n) is 1.77. The molecule has 0 aliphatic heterocycles. The Kier molecular flexibility index (Phi) is 5.62. The topological polar surface area (TPSA) is 144 Å². The van der Waals surface area contributed by atoms with Crippen LogP contribution in [0.25, 0.3) is 0 Å². The number of hydrogen-bond donors (Lipinski definition) is 3. The number of carboxylic acids is 2. The lowest BCUT2D eigenvalue weighted by molar-refractivity contribution is -0.384. The Morgan fingerprint density at radius 3 is 2.43 bits per heavy atom. The Labute approximate surface area is 124 Å². The largest absolute Gasteiger partial charge is 0.481 e. The Balaban J connectivity index is 3.19. The highest BCUT2D eigenvalue weighted by Gasteiger charge is 2.20. The Morgan fingerprint density at radius 2 is 1.95 bits per heavy atom. The highest BCUT2D eigenvalue weighted by Crippen LogP contribution is 2.29. The maximum Gasteiger partial charge on any atom is 0.320 e. The van der Waals surface area contributed by atoms with Gasteiger partial charge in [0.25, 0.3) is 5.69 Å². The molecule has 0 amide bonds. The van der Waals surface area contributed by atoms with E-state index >= 15 is 0 Å². The molecule has 0 heterocycles. The fourth-order valence-corrected chi connectivity index (χ4v) is 2.03. The highest BCUT2D eigenvalue weighted by atomic mass is 35.5. The van der Waals surface area contributed by atoms with Gasteiger partial charge in [-0.2, -0.15) is 0 Å². The molecule has 0 saturated carbocycles. The zero-order valence-electron chi connectivity index (χ0n) is 10.8. The van der Waals surface area contributed by atoms with E-state index in [4.69, 9.17) is 27.5 Å². The molecule has 9 heteroatoms. The minimum absolute atomic E-state index is 0.0228. The predicted molar refractivity (Wildman–Crippen MR) is 73.4 cm³/mol. The van der Waals surface area contributed by atoms with Crippen LogP contribution in [0.5, 0.6) is 0 Å². The van der Waals surface area contributed by atoms with E-state index in [-0.39, 0.29) is 30.0 Å². The number of rotatable bonds is 7. The number of hydrogen-bond acceptors (Lipinski definition) is 5. The number of nitrogens with two attached hydrogens (primary N) is 1. The molecule has 1 rings (SSSR count). The van der Waals surface area contributed by atoms with Gasteiger partial charge in [0.2, 0.25) is 0 Å². The molecule has 0 fully saturated rings. The molecule has 1 aromatic rings. The van der Waals surface area contributed by atoms with Crippen LogP contribution in [0.15, 0.2) is 12.1 Å². The normalized spacial score (nSPS) is 11.9. The van der Waals surface area contributed by atoms with Crippen LogP contribution >= 0.6 is 11.6 Å². The van der Waals surface area contributed by atoms with Crippen molar-refractivity contribution < 1.29 is 24.7 Å². The van der Waals surface area contributed by atoms with Crippen molar-refractivity contribution in [1.82, 2.24) is 0 Å². The Bertz CT molecular complexity index is 589. The number of halogens is 1. The molecule has 0 radical (unpaired) electrons. The SMILES string of the molecule is N[C@@H](Cc1cc(Cl)c([N+](=O)[O-])cc1CCC(=O)O)C(=O)O. The van der Waals surface area contributed by atoms with E-state index in [2.05, 4.69) is 0 Å². The summed E-state index contributed by atoms with van der Waals surface area (Å²) in [6.45, 7) is 0. The van der Waals surface area contributed by atoms with Crippen LogP contribution in [0.4, 0.5) is 5.69 Å². The van der Waals surface area contributed by atoms with Crippen LogP contribution in [0.2, 0.25) is 5.02 Å². The standard InChI is InChI=1S/C12H13ClN2O6/c13-8-3-7(4-9(14)12(18)19)6(1-2-11(16)17)5-10(8)15(20)21/h3,5,9H,1-2,4,14H2,(H,16,17)(H,18,19)/t9-/m0/s1. The van der Waals surface area contributed by atoms with Gasteiger partial charge in [-0.3, -0.25) is 19.7 Å². The van der Waals surface area contributed by atoms with Crippen LogP contribution in [-0.2, 0) is 22.4 Å². The minimum Gasteiger partial charge on any atom is -0.481 e. The second kappa shape index (κ2) is 7.00. The second-order valence-electron chi connectivity index (χ2n) is 4.37. The number of nitro benzene ring substituents is 1. The number of benzene rings is 1. The van der Waals surface area contributed by atoms with Crippen LogP contribution in [0.3, 0.4) is 0 Å². The summed E-state index contributed by atoms with van der Waals surface area (Å²) in [6, 6.07) is 1.22. The molecular formula is C12H13ClN2O6. The van der Waals surface area contributed by atoms with Gasteiger partial charge in [-0.1, -0.05) is 11.6 Å². The van der Waals surface area contributed by atoms with E-state index in [0.717, 1.165) is 6.07 Å². The fraction of sp³-hybridized carbons (Fsp3) is 0.333. The van der Waals surface area contributed by atoms with E-state index in [9.17, 15) is 19.7 Å². The summed E-state index contributed by atoms with van der Waals surface area (Å²) in [4.78, 5) is 31.6. The minimum atomic E-state index is -1.23. The maximum absolute atomic E-state index is 10.8. The third-order valence-corrected chi connectivity index (χ3v) is 3.13. The van der Waals surface area contributed by atoms with Gasteiger partial charge in [0.1, 0.15) is 11.1 Å². The molecule has 0 saturated heterocycles. The van der Waals surface area contributed by atoms with Crippen molar-refractivity contribution >= 4 is 29.2 Å². The van der Waals surface area contributed by atoms with Crippen molar-refractivity contribution in [3.05, 3.63) is 38.4 Å². The maximum atomic E-state index is 10.8. The van der Waals surface area contributed by atoms with E-state index in [1.807, 2.05) is 0 Å². The lowest BCUT2D eigenvalue weighted by atomic mass is 9.96. The number of aliphatic carboxylic acids is 2. The van der Waals surface area contributed by atoms with Gasteiger partial charge in [0.05, 0.1) is 4.92 Å². The zero-order chi connectivity index (χ0) is 16.2. The molecule has 0 unspecified atom stereocenters. The van der Waals surface area contributed by atoms with Gasteiger partial charge in [0.15, 0.2) is 0 Å². The van der Waals surface area contributed by atoms with Crippen LogP contribution in [0.1, 0.15) is 17.5 Å². The van der Waals surface area contributed by atoms with Gasteiger partial charge in [0, 0.05) is 12.5 Å². The molecule has 0 spiro atoms. The molecule has 21 heavy (non-hydrogen) atoms. The molecule has 8 nitrogen and oxygen atoms in total. The first kappa shape index (κ1) is 16.9. The van der Waals surface area contributed by atoms with Gasteiger partial charge in [-0.25, -0.2) is 0 Å². The number of carbonyl (C=O) groups is 2. The predicted octanol–water partition coefficient (Wildman–Crippen LogP) is 1.22. The van der Waals surface area contributed by atoms with E-state index in [0.29, 0.717) is 11.1 Å². The van der Waals surface area contributed by atoms with Crippen molar-refractivity contribution in [2.75, 3.05) is 0 Å². The summed E-state index contributed by atoms with van der Waals surface area (Å²) >= 11 is 5.78. The van der Waals surface area contributed by atoms with Crippen LogP contribution < -0.4 is 5.73 Å². The lowest BCUT2D eigenvalue weighted by Gasteiger charge is -2.12. The van der Waals surface area contributed by atoms with Gasteiger partial charge >= 0.3 is 11.9 Å². The monoisotopic (exact) mass is 316 g/mol. The molecule has 0 aromatic heterocycles. The summed E-state index contributed by atoms with van der Waals surface area (Å²) in [6.07, 6.45) is -0.314. The third kappa shape index (κ3) is 4.69. The first-order valence-corrected chi connectivity index (χ1v) is 6.26. The summed E-state index contributed by atoms with van der Waals surface area (Å²) < 4.78 is 0. The van der Waals surface area contributed by atoms with Crippen molar-refractivity contribution in [2.45, 2.75) is 25.3 Å². The first-order chi connectivity index (χ1) is 9.72. The highest BCUT2D eigenvalue weighted by molar-refractivity contribution is 6.32. The lowest BCUT2D eigenvalue weighted by Crippen LogP contribution is -2.32. The smallest absolute Gasteiger partial charge is 0.320 e. The van der Waals surface area contributed by atoms with Crippen molar-refractivity contribution in [3.63, 3.8) is 0 Å². The quantitative estimate of drug-likeness (QED) is 0.506. The second-order valence-corrected chi connectivity index (χ2v) is 4.78. The first-order valence-electron chi connectivity index (χ1n) is 5.88. The number of nitrogens with zero attached hydrogens (tertiary/aromatic N) is 1. The molecule has 0 aliphatic carbocycles.